The summed E-state index contributed by atoms with van der Waals surface area (Å²) in [5, 5.41) is 9.78. The molecule has 0 spiro atoms. The van der Waals surface area contributed by atoms with Crippen LogP contribution in [0.1, 0.15) is 5.56 Å². The number of thiophene rings is 1. The molecule has 1 aromatic heterocycles. The standard InChI is InChI=1S/C54H37NS/c1-3-46(47-13-6-4-11-36(47)2)39-23-30-44(31-24-39)55(45-32-25-40(26-33-45)50-16-10-17-52-51-15-8-9-18-53(51)56-54(50)52)43-28-21-37(22-29-43)41-27-34-49-42(35-41)20-19-38-12-5-7-14-48(38)49/h3-35H,1-2H2/b47-46+. The van der Waals surface area contributed by atoms with E-state index >= 15 is 0 Å². The SMILES string of the molecule is C=C/C(c1ccc(N(c2ccc(-c3ccc4c(ccc5ccccc54)c3)cc2)c2ccc(-c3cccc4c3sc3ccccc34)cc2)cc1)=c1/ccccc1=C. The maximum atomic E-state index is 4.28. The van der Waals surface area contributed by atoms with Crippen LogP contribution < -0.4 is 15.3 Å². The molecule has 0 bridgehead atoms. The van der Waals surface area contributed by atoms with Crippen LogP contribution in [-0.4, -0.2) is 0 Å². The second-order valence-electron chi connectivity index (χ2n) is 14.3. The van der Waals surface area contributed by atoms with Crippen LogP contribution in [0, 0.1) is 0 Å². The van der Waals surface area contributed by atoms with Crippen LogP contribution in [0.25, 0.3) is 76.1 Å². The fourth-order valence-corrected chi connectivity index (χ4v) is 9.40. The second-order valence-corrected chi connectivity index (χ2v) is 15.3. The molecule has 2 heteroatoms. The van der Waals surface area contributed by atoms with Crippen molar-refractivity contribution >= 4 is 82.3 Å². The van der Waals surface area contributed by atoms with Gasteiger partial charge in [-0.25, -0.2) is 0 Å². The average molecular weight is 732 g/mol. The minimum atomic E-state index is 0.986. The molecule has 0 saturated carbocycles. The quantitative estimate of drug-likeness (QED) is 0.148. The second kappa shape index (κ2) is 14.0. The molecule has 0 unspecified atom stereocenters. The van der Waals surface area contributed by atoms with Crippen molar-refractivity contribution < 1.29 is 0 Å². The Morgan fingerprint density at radius 1 is 0.464 bits per heavy atom. The van der Waals surface area contributed by atoms with Gasteiger partial charge in [0.25, 0.3) is 0 Å². The summed E-state index contributed by atoms with van der Waals surface area (Å²) in [6.07, 6.45) is 1.93. The van der Waals surface area contributed by atoms with E-state index in [-0.39, 0.29) is 0 Å². The smallest absolute Gasteiger partial charge is 0.0462 e. The summed E-state index contributed by atoms with van der Waals surface area (Å²) in [7, 11) is 0. The normalized spacial score (nSPS) is 12.0. The van der Waals surface area contributed by atoms with Gasteiger partial charge in [-0.05, 0) is 114 Å². The molecule has 9 aromatic carbocycles. The largest absolute Gasteiger partial charge is 0.311 e. The van der Waals surface area contributed by atoms with Gasteiger partial charge in [-0.15, -0.1) is 11.3 Å². The van der Waals surface area contributed by atoms with Crippen LogP contribution in [0.5, 0.6) is 0 Å². The maximum Gasteiger partial charge on any atom is 0.0462 e. The van der Waals surface area contributed by atoms with Crippen molar-refractivity contribution in [3.8, 4) is 22.3 Å². The van der Waals surface area contributed by atoms with E-state index in [1.807, 2.05) is 29.5 Å². The lowest BCUT2D eigenvalue weighted by atomic mass is 9.97. The van der Waals surface area contributed by atoms with E-state index in [0.29, 0.717) is 0 Å². The molecule has 0 atom stereocenters. The Morgan fingerprint density at radius 2 is 1.05 bits per heavy atom. The van der Waals surface area contributed by atoms with Crippen molar-refractivity contribution in [2.24, 2.45) is 0 Å². The summed E-state index contributed by atoms with van der Waals surface area (Å²) >= 11 is 1.87. The molecule has 0 aliphatic rings. The van der Waals surface area contributed by atoms with Crippen LogP contribution >= 0.6 is 11.3 Å². The third-order valence-electron chi connectivity index (χ3n) is 11.0. The summed E-state index contributed by atoms with van der Waals surface area (Å²) in [4.78, 5) is 2.34. The van der Waals surface area contributed by atoms with Gasteiger partial charge in [0, 0.05) is 37.2 Å². The molecule has 1 nitrogen and oxygen atoms in total. The Hall–Kier alpha value is -7.00. The van der Waals surface area contributed by atoms with Crippen molar-refractivity contribution in [1.29, 1.82) is 0 Å². The van der Waals surface area contributed by atoms with Crippen LogP contribution in [-0.2, 0) is 0 Å². The lowest BCUT2D eigenvalue weighted by Gasteiger charge is -2.26. The summed E-state index contributed by atoms with van der Waals surface area (Å²) < 4.78 is 2.64. The summed E-state index contributed by atoms with van der Waals surface area (Å²) in [6, 6.07) is 70.2. The molecular formula is C54H37NS. The third-order valence-corrected chi connectivity index (χ3v) is 12.2. The summed E-state index contributed by atoms with van der Waals surface area (Å²) in [5.41, 5.74) is 10.3. The maximum absolute atomic E-state index is 4.28. The van der Waals surface area contributed by atoms with Crippen molar-refractivity contribution in [3.63, 3.8) is 0 Å². The van der Waals surface area contributed by atoms with E-state index in [2.05, 4.69) is 200 Å². The van der Waals surface area contributed by atoms with Crippen molar-refractivity contribution in [3.05, 3.63) is 223 Å². The number of rotatable bonds is 7. The minimum Gasteiger partial charge on any atom is -0.311 e. The molecule has 0 fully saturated rings. The lowest BCUT2D eigenvalue weighted by molar-refractivity contribution is 1.28. The van der Waals surface area contributed by atoms with Crippen LogP contribution in [0.3, 0.4) is 0 Å². The van der Waals surface area contributed by atoms with Crippen LogP contribution in [0.2, 0.25) is 0 Å². The molecule has 10 rings (SSSR count). The summed E-state index contributed by atoms with van der Waals surface area (Å²) in [6.45, 7) is 8.44. The minimum absolute atomic E-state index is 0.986. The van der Waals surface area contributed by atoms with E-state index in [0.717, 1.165) is 38.6 Å². The Bertz CT molecular complexity index is 3210. The highest BCUT2D eigenvalue weighted by Gasteiger charge is 2.16. The van der Waals surface area contributed by atoms with E-state index < -0.39 is 0 Å². The summed E-state index contributed by atoms with van der Waals surface area (Å²) in [5.74, 6) is 0. The third kappa shape index (κ3) is 5.88. The molecule has 0 aliphatic heterocycles. The highest BCUT2D eigenvalue weighted by molar-refractivity contribution is 7.26. The van der Waals surface area contributed by atoms with E-state index in [1.165, 1.54) is 64.0 Å². The molecule has 56 heavy (non-hydrogen) atoms. The van der Waals surface area contributed by atoms with E-state index in [4.69, 9.17) is 0 Å². The highest BCUT2D eigenvalue weighted by atomic mass is 32.1. The zero-order chi connectivity index (χ0) is 37.6. The van der Waals surface area contributed by atoms with Gasteiger partial charge in [0.15, 0.2) is 0 Å². The Labute approximate surface area is 330 Å². The Kier molecular flexibility index (Phi) is 8.40. The van der Waals surface area contributed by atoms with Crippen LogP contribution in [0.4, 0.5) is 17.1 Å². The van der Waals surface area contributed by atoms with Gasteiger partial charge in [0.2, 0.25) is 0 Å². The molecule has 1 heterocycles. The van der Waals surface area contributed by atoms with E-state index in [1.54, 1.807) is 0 Å². The topological polar surface area (TPSA) is 3.24 Å². The number of hydrogen-bond donors (Lipinski definition) is 0. The highest BCUT2D eigenvalue weighted by Crippen LogP contribution is 2.42. The number of hydrogen-bond acceptors (Lipinski definition) is 2. The number of benzene rings is 9. The molecule has 0 N–H and O–H groups in total. The predicted octanol–water partition coefficient (Wildman–Crippen LogP) is 14.0. The van der Waals surface area contributed by atoms with Gasteiger partial charge in [0.05, 0.1) is 0 Å². The van der Waals surface area contributed by atoms with Crippen molar-refractivity contribution in [2.75, 3.05) is 4.90 Å². The van der Waals surface area contributed by atoms with Gasteiger partial charge >= 0.3 is 0 Å². The van der Waals surface area contributed by atoms with Gasteiger partial charge in [-0.1, -0.05) is 165 Å². The fourth-order valence-electron chi connectivity index (χ4n) is 8.16. The molecule has 0 amide bonds. The van der Waals surface area contributed by atoms with Gasteiger partial charge in [-0.2, -0.15) is 0 Å². The number of fused-ring (bicyclic) bond motifs is 6. The van der Waals surface area contributed by atoms with Gasteiger partial charge in [-0.3, -0.25) is 0 Å². The molecule has 0 radical (unpaired) electrons. The van der Waals surface area contributed by atoms with Gasteiger partial charge < -0.3 is 4.90 Å². The number of nitrogens with zero attached hydrogens (tertiary/aromatic N) is 1. The molecular weight excluding hydrogens is 695 g/mol. The van der Waals surface area contributed by atoms with E-state index in [9.17, 15) is 0 Å². The zero-order valence-electron chi connectivity index (χ0n) is 30.8. The number of anilines is 3. The first-order chi connectivity index (χ1) is 27.6. The predicted molar refractivity (Wildman–Crippen MR) is 244 cm³/mol. The Morgan fingerprint density at radius 3 is 1.80 bits per heavy atom. The fraction of sp³-hybridized carbons (Fsp3) is 0. The number of allylic oxidation sites excluding steroid dienone is 1. The molecule has 10 aromatic rings. The first-order valence-electron chi connectivity index (χ1n) is 19.0. The average Bonchev–Trinajstić information content (AvgIpc) is 3.65. The van der Waals surface area contributed by atoms with Crippen molar-refractivity contribution in [2.45, 2.75) is 0 Å². The molecule has 264 valence electrons. The Balaban J connectivity index is 1.05. The lowest BCUT2D eigenvalue weighted by Crippen LogP contribution is -2.24. The monoisotopic (exact) mass is 731 g/mol. The van der Waals surface area contributed by atoms with Crippen molar-refractivity contribution in [1.82, 2.24) is 0 Å². The molecule has 0 saturated heterocycles. The van der Waals surface area contributed by atoms with Gasteiger partial charge in [0.1, 0.15) is 0 Å². The first kappa shape index (κ1) is 33.6. The first-order valence-corrected chi connectivity index (χ1v) is 19.8. The zero-order valence-corrected chi connectivity index (χ0v) is 31.6. The molecule has 0 aliphatic carbocycles. The van der Waals surface area contributed by atoms with Crippen LogP contribution in [0.15, 0.2) is 207 Å².